The van der Waals surface area contributed by atoms with Gasteiger partial charge in [-0.1, -0.05) is 12.1 Å². The van der Waals surface area contributed by atoms with Gasteiger partial charge in [-0.2, -0.15) is 0 Å². The fraction of sp³-hybridized carbons (Fsp3) is 0.111. The van der Waals surface area contributed by atoms with E-state index in [2.05, 4.69) is 0 Å². The van der Waals surface area contributed by atoms with Crippen molar-refractivity contribution in [2.75, 3.05) is 0 Å². The Morgan fingerprint density at radius 3 is 2.29 bits per heavy atom. The Balaban J connectivity index is 2.76. The van der Waals surface area contributed by atoms with Crippen molar-refractivity contribution in [2.45, 2.75) is 6.61 Å². The molecule has 0 radical (unpaired) electrons. The molecule has 0 unspecified atom stereocenters. The molecule has 2 N–H and O–H groups in total. The third-order valence-corrected chi connectivity index (χ3v) is 1.61. The van der Waals surface area contributed by atoms with Gasteiger partial charge < -0.3 is 20.3 Å². The van der Waals surface area contributed by atoms with Crippen LogP contribution in [-0.2, 0) is 6.61 Å². The van der Waals surface area contributed by atoms with Crippen molar-refractivity contribution in [3.05, 3.63) is 35.4 Å². The smallest absolute Gasteiger partial charge is 0.256 e. The van der Waals surface area contributed by atoms with E-state index in [0.717, 1.165) is 0 Å². The first-order chi connectivity index (χ1) is 6.63. The molecule has 74 valence electrons. The summed E-state index contributed by atoms with van der Waals surface area (Å²) in [5.74, 6) is -0.741. The number of carbonyl (C=O) groups excluding carboxylic acids is 2. The summed E-state index contributed by atoms with van der Waals surface area (Å²) in [5.41, 5.74) is 0.849. The van der Waals surface area contributed by atoms with E-state index >= 15 is 0 Å². The quantitative estimate of drug-likeness (QED) is 0.648. The minimum Gasteiger partial charge on any atom is -0.530 e. The monoisotopic (exact) mass is 194 g/mol. The van der Waals surface area contributed by atoms with Crippen LogP contribution in [0.3, 0.4) is 0 Å². The summed E-state index contributed by atoms with van der Waals surface area (Å²) in [5, 5.41) is 20.3. The van der Waals surface area contributed by atoms with Crippen LogP contribution in [0.2, 0.25) is 0 Å². The lowest BCUT2D eigenvalue weighted by molar-refractivity contribution is -0.249. The second-order valence-electron chi connectivity index (χ2n) is 2.60. The van der Waals surface area contributed by atoms with Crippen LogP contribution in [-0.4, -0.2) is 17.1 Å². The molecule has 0 aliphatic heterocycles. The van der Waals surface area contributed by atoms with Gasteiger partial charge in [0.25, 0.3) is 5.91 Å². The highest BCUT2D eigenvalue weighted by Gasteiger charge is 2.03. The largest absolute Gasteiger partial charge is 0.530 e. The molecule has 0 aromatic heterocycles. The van der Waals surface area contributed by atoms with Crippen molar-refractivity contribution in [1.29, 1.82) is 0 Å². The molecule has 0 atom stereocenters. The van der Waals surface area contributed by atoms with Gasteiger partial charge in [0.2, 0.25) is 0 Å². The maximum Gasteiger partial charge on any atom is 0.256 e. The number of imide groups is 1. The zero-order valence-corrected chi connectivity index (χ0v) is 7.19. The van der Waals surface area contributed by atoms with Gasteiger partial charge in [0.05, 0.1) is 6.61 Å². The molecule has 0 saturated carbocycles. The van der Waals surface area contributed by atoms with Crippen molar-refractivity contribution < 1.29 is 19.8 Å². The van der Waals surface area contributed by atoms with Crippen LogP contribution >= 0.6 is 0 Å². The van der Waals surface area contributed by atoms with E-state index in [4.69, 9.17) is 5.11 Å². The van der Waals surface area contributed by atoms with Gasteiger partial charge in [0, 0.05) is 5.56 Å². The number of nitrogens with one attached hydrogen (secondary N) is 1. The molecule has 0 heterocycles. The Morgan fingerprint density at radius 1 is 1.29 bits per heavy atom. The number of benzene rings is 1. The summed E-state index contributed by atoms with van der Waals surface area (Å²) in [6, 6.07) is 5.90. The van der Waals surface area contributed by atoms with E-state index < -0.39 is 12.0 Å². The highest BCUT2D eigenvalue weighted by atomic mass is 16.4. The molecule has 5 heteroatoms. The van der Waals surface area contributed by atoms with Crippen molar-refractivity contribution >= 4 is 12.0 Å². The summed E-state index contributed by atoms with van der Waals surface area (Å²) < 4.78 is 0. The maximum absolute atomic E-state index is 11.1. The van der Waals surface area contributed by atoms with Crippen molar-refractivity contribution in [3.8, 4) is 0 Å². The average Bonchev–Trinajstić information content (AvgIpc) is 2.17. The van der Waals surface area contributed by atoms with Gasteiger partial charge in [-0.25, -0.2) is 0 Å². The first kappa shape index (κ1) is 10.2. The Labute approximate surface area is 80.0 Å². The number of hydrogen-bond donors (Lipinski definition) is 2. The molecule has 0 saturated heterocycles. The second kappa shape index (κ2) is 4.38. The highest BCUT2D eigenvalue weighted by Crippen LogP contribution is 2.03. The summed E-state index contributed by atoms with van der Waals surface area (Å²) in [7, 11) is 0. The summed E-state index contributed by atoms with van der Waals surface area (Å²) >= 11 is 0. The van der Waals surface area contributed by atoms with Crippen LogP contribution in [0.15, 0.2) is 24.3 Å². The standard InChI is InChI=1S/C9H9NO4/c11-5-6-1-3-7(4-2-6)8(12)10-9(13)14/h1-4,11H,5H2,(H,10,12)(H,13,14)/p-1. The topological polar surface area (TPSA) is 89.5 Å². The molecule has 2 amide bonds. The van der Waals surface area contributed by atoms with E-state index in [9.17, 15) is 14.7 Å². The van der Waals surface area contributed by atoms with Crippen molar-refractivity contribution in [2.24, 2.45) is 0 Å². The molecule has 0 aliphatic carbocycles. The molecule has 5 nitrogen and oxygen atoms in total. The van der Waals surface area contributed by atoms with Crippen LogP contribution < -0.4 is 10.4 Å². The SMILES string of the molecule is O=C([O-])NC(=O)c1ccc(CO)cc1. The lowest BCUT2D eigenvalue weighted by Gasteiger charge is -2.05. The number of carboxylic acid groups (broad SMARTS) is 1. The Hall–Kier alpha value is -1.88. The molecule has 14 heavy (non-hydrogen) atoms. The van der Waals surface area contributed by atoms with E-state index in [1.54, 1.807) is 5.32 Å². The van der Waals surface area contributed by atoms with Crippen molar-refractivity contribution in [1.82, 2.24) is 5.32 Å². The zero-order valence-electron chi connectivity index (χ0n) is 7.19. The fourth-order valence-electron chi connectivity index (χ4n) is 0.926. The van der Waals surface area contributed by atoms with Gasteiger partial charge in [-0.05, 0) is 17.7 Å². The molecule has 1 aromatic rings. The van der Waals surface area contributed by atoms with E-state index in [1.165, 1.54) is 24.3 Å². The van der Waals surface area contributed by atoms with Gasteiger partial charge in [0.15, 0.2) is 0 Å². The van der Waals surface area contributed by atoms with Crippen molar-refractivity contribution in [3.63, 3.8) is 0 Å². The molecule has 1 aromatic carbocycles. The van der Waals surface area contributed by atoms with Crippen LogP contribution in [0.4, 0.5) is 4.79 Å². The fourth-order valence-corrected chi connectivity index (χ4v) is 0.926. The lowest BCUT2D eigenvalue weighted by Crippen LogP contribution is -2.40. The van der Waals surface area contributed by atoms with Crippen LogP contribution in [0.25, 0.3) is 0 Å². The lowest BCUT2D eigenvalue weighted by atomic mass is 10.1. The second-order valence-corrected chi connectivity index (χ2v) is 2.60. The summed E-state index contributed by atoms with van der Waals surface area (Å²) in [6.45, 7) is -0.123. The number of hydrogen-bond acceptors (Lipinski definition) is 4. The minimum atomic E-state index is -1.64. The number of rotatable bonds is 2. The van der Waals surface area contributed by atoms with Gasteiger partial charge in [0.1, 0.15) is 6.09 Å². The molecular weight excluding hydrogens is 186 g/mol. The Kier molecular flexibility index (Phi) is 3.19. The number of aliphatic hydroxyl groups excluding tert-OH is 1. The predicted molar refractivity (Wildman–Crippen MR) is 45.2 cm³/mol. The number of carbonyl (C=O) groups is 2. The van der Waals surface area contributed by atoms with Crippen LogP contribution in [0.5, 0.6) is 0 Å². The Bertz CT molecular complexity index is 344. The van der Waals surface area contributed by atoms with E-state index in [-0.39, 0.29) is 12.2 Å². The molecule has 0 bridgehead atoms. The first-order valence-electron chi connectivity index (χ1n) is 3.85. The van der Waals surface area contributed by atoms with Gasteiger partial charge in [-0.15, -0.1) is 0 Å². The molecule has 0 aliphatic rings. The molecule has 0 spiro atoms. The summed E-state index contributed by atoms with van der Waals surface area (Å²) in [4.78, 5) is 21.1. The first-order valence-corrected chi connectivity index (χ1v) is 3.85. The Morgan fingerprint density at radius 2 is 1.86 bits per heavy atom. The number of aliphatic hydroxyl groups is 1. The third-order valence-electron chi connectivity index (χ3n) is 1.61. The third kappa shape index (κ3) is 2.56. The molecular formula is C9H8NO4-. The zero-order chi connectivity index (χ0) is 10.6. The van der Waals surface area contributed by atoms with Crippen LogP contribution in [0, 0.1) is 0 Å². The maximum atomic E-state index is 11.1. The summed E-state index contributed by atoms with van der Waals surface area (Å²) in [6.07, 6.45) is -1.64. The average molecular weight is 194 g/mol. The van der Waals surface area contributed by atoms with E-state index in [0.29, 0.717) is 5.56 Å². The van der Waals surface area contributed by atoms with E-state index in [1.807, 2.05) is 0 Å². The highest BCUT2D eigenvalue weighted by molar-refractivity contribution is 6.01. The molecule has 0 fully saturated rings. The number of amides is 2. The van der Waals surface area contributed by atoms with Gasteiger partial charge >= 0.3 is 0 Å². The predicted octanol–water partition coefficient (Wildman–Crippen LogP) is -0.748. The minimum absolute atomic E-state index is 0.123. The van der Waals surface area contributed by atoms with Gasteiger partial charge in [-0.3, -0.25) is 4.79 Å². The van der Waals surface area contributed by atoms with Crippen LogP contribution in [0.1, 0.15) is 15.9 Å². The normalized spacial score (nSPS) is 9.50. The molecule has 1 rings (SSSR count).